The standard InChI is InChI=1S/C23H20F3N5/c1-12-2-3-18(25)15(4-12)16-8-28-9-17(22(16)31-10-13(7-27)11-31)23-29-20-6-14(24)5-19(26)21(20)30-23/h2-6,8-9,13H,7,10-11,27H2,1H3,(H,29,30). The van der Waals surface area contributed by atoms with E-state index in [1.165, 1.54) is 12.1 Å². The Morgan fingerprint density at radius 1 is 1.03 bits per heavy atom. The number of anilines is 1. The van der Waals surface area contributed by atoms with E-state index in [1.54, 1.807) is 24.5 Å². The van der Waals surface area contributed by atoms with E-state index in [0.717, 1.165) is 17.3 Å². The van der Waals surface area contributed by atoms with Crippen LogP contribution in [0.1, 0.15) is 5.56 Å². The first-order chi connectivity index (χ1) is 14.9. The molecular formula is C23H20F3N5. The lowest BCUT2D eigenvalue weighted by Crippen LogP contribution is -2.50. The van der Waals surface area contributed by atoms with Gasteiger partial charge in [0.25, 0.3) is 0 Å². The van der Waals surface area contributed by atoms with Gasteiger partial charge in [0.2, 0.25) is 0 Å². The fourth-order valence-electron chi connectivity index (χ4n) is 4.08. The summed E-state index contributed by atoms with van der Waals surface area (Å²) >= 11 is 0. The summed E-state index contributed by atoms with van der Waals surface area (Å²) in [6, 6.07) is 6.90. The molecular weight excluding hydrogens is 403 g/mol. The molecule has 4 aromatic rings. The van der Waals surface area contributed by atoms with E-state index in [1.807, 2.05) is 6.92 Å². The number of halogens is 3. The van der Waals surface area contributed by atoms with E-state index in [-0.39, 0.29) is 16.9 Å². The predicted octanol–water partition coefficient (Wildman–Crippen LogP) is 4.41. The van der Waals surface area contributed by atoms with Crippen LogP contribution in [0.3, 0.4) is 0 Å². The Morgan fingerprint density at radius 2 is 1.81 bits per heavy atom. The summed E-state index contributed by atoms with van der Waals surface area (Å²) < 4.78 is 42.7. The Hall–Kier alpha value is -3.39. The highest BCUT2D eigenvalue weighted by Crippen LogP contribution is 2.42. The third kappa shape index (κ3) is 3.33. The van der Waals surface area contributed by atoms with Gasteiger partial charge >= 0.3 is 0 Å². The number of imidazole rings is 1. The molecule has 0 amide bonds. The number of aryl methyl sites for hydroxylation is 1. The molecule has 0 unspecified atom stereocenters. The molecule has 31 heavy (non-hydrogen) atoms. The molecule has 2 aromatic carbocycles. The highest BCUT2D eigenvalue weighted by Gasteiger charge is 2.31. The molecule has 3 heterocycles. The molecule has 1 fully saturated rings. The number of nitrogens with two attached hydrogens (primary N) is 1. The molecule has 158 valence electrons. The minimum atomic E-state index is -0.750. The third-order valence-electron chi connectivity index (χ3n) is 5.70. The quantitative estimate of drug-likeness (QED) is 0.510. The summed E-state index contributed by atoms with van der Waals surface area (Å²) in [4.78, 5) is 13.8. The lowest BCUT2D eigenvalue weighted by molar-refractivity contribution is 0.421. The summed E-state index contributed by atoms with van der Waals surface area (Å²) in [5.41, 5.74) is 9.37. The Bertz CT molecular complexity index is 1290. The number of hydrogen-bond donors (Lipinski definition) is 2. The van der Waals surface area contributed by atoms with Gasteiger partial charge in [0.15, 0.2) is 5.82 Å². The van der Waals surface area contributed by atoms with Crippen LogP contribution < -0.4 is 10.6 Å². The van der Waals surface area contributed by atoms with E-state index in [2.05, 4.69) is 19.9 Å². The molecule has 1 aliphatic rings. The van der Waals surface area contributed by atoms with Crippen LogP contribution in [0.25, 0.3) is 33.5 Å². The van der Waals surface area contributed by atoms with Crippen molar-refractivity contribution in [3.8, 4) is 22.5 Å². The second-order valence-corrected chi connectivity index (χ2v) is 7.94. The van der Waals surface area contributed by atoms with E-state index < -0.39 is 11.6 Å². The molecule has 0 saturated carbocycles. The highest BCUT2D eigenvalue weighted by molar-refractivity contribution is 5.91. The SMILES string of the molecule is Cc1ccc(F)c(-c2cncc(-c3nc4c(F)cc(F)cc4[nH]3)c2N2CC(CN)C2)c1. The van der Waals surface area contributed by atoms with Crippen molar-refractivity contribution in [3.05, 3.63) is 65.7 Å². The van der Waals surface area contributed by atoms with Crippen LogP contribution >= 0.6 is 0 Å². The third-order valence-corrected chi connectivity index (χ3v) is 5.70. The Labute approximate surface area is 176 Å². The van der Waals surface area contributed by atoms with E-state index >= 15 is 0 Å². The number of fused-ring (bicyclic) bond motifs is 1. The van der Waals surface area contributed by atoms with Gasteiger partial charge in [-0.15, -0.1) is 0 Å². The van der Waals surface area contributed by atoms with E-state index in [0.29, 0.717) is 48.1 Å². The number of H-pyrrole nitrogens is 1. The van der Waals surface area contributed by atoms with Gasteiger partial charge in [-0.05, 0) is 31.7 Å². The van der Waals surface area contributed by atoms with Gasteiger partial charge in [0.05, 0.1) is 16.8 Å². The monoisotopic (exact) mass is 423 g/mol. The number of hydrogen-bond acceptors (Lipinski definition) is 4. The molecule has 0 aliphatic carbocycles. The number of rotatable bonds is 4. The summed E-state index contributed by atoms with van der Waals surface area (Å²) in [7, 11) is 0. The van der Waals surface area contributed by atoms with E-state index in [9.17, 15) is 13.2 Å². The van der Waals surface area contributed by atoms with Crippen LogP contribution in [0.15, 0.2) is 42.7 Å². The highest BCUT2D eigenvalue weighted by atomic mass is 19.1. The van der Waals surface area contributed by atoms with Gasteiger partial charge in [0.1, 0.15) is 23.0 Å². The summed E-state index contributed by atoms with van der Waals surface area (Å²) in [5.74, 6) is -1.13. The van der Waals surface area contributed by atoms with Crippen LogP contribution in [0.5, 0.6) is 0 Å². The molecule has 1 saturated heterocycles. The lowest BCUT2D eigenvalue weighted by Gasteiger charge is -2.42. The number of benzene rings is 2. The summed E-state index contributed by atoms with van der Waals surface area (Å²) in [6.07, 6.45) is 3.23. The Morgan fingerprint density at radius 3 is 2.58 bits per heavy atom. The number of pyridine rings is 1. The minimum Gasteiger partial charge on any atom is -0.370 e. The average Bonchev–Trinajstić information content (AvgIpc) is 3.13. The first-order valence-electron chi connectivity index (χ1n) is 9.99. The molecule has 2 aromatic heterocycles. The zero-order valence-electron chi connectivity index (χ0n) is 16.8. The lowest BCUT2D eigenvalue weighted by atomic mass is 9.94. The van der Waals surface area contributed by atoms with Crippen LogP contribution in [0.4, 0.5) is 18.9 Å². The van der Waals surface area contributed by atoms with Crippen molar-refractivity contribution in [2.45, 2.75) is 6.92 Å². The van der Waals surface area contributed by atoms with Crippen LogP contribution in [-0.4, -0.2) is 34.6 Å². The van der Waals surface area contributed by atoms with Crippen LogP contribution in [0, 0.1) is 30.3 Å². The van der Waals surface area contributed by atoms with Crippen molar-refractivity contribution in [1.82, 2.24) is 15.0 Å². The summed E-state index contributed by atoms with van der Waals surface area (Å²) in [5, 5.41) is 0. The van der Waals surface area contributed by atoms with Gasteiger partial charge in [-0.25, -0.2) is 18.2 Å². The van der Waals surface area contributed by atoms with Gasteiger partial charge in [0, 0.05) is 48.6 Å². The van der Waals surface area contributed by atoms with Crippen LogP contribution in [-0.2, 0) is 0 Å². The zero-order chi connectivity index (χ0) is 21.7. The zero-order valence-corrected chi connectivity index (χ0v) is 16.8. The molecule has 0 bridgehead atoms. The molecule has 5 rings (SSSR count). The topological polar surface area (TPSA) is 70.8 Å². The Balaban J connectivity index is 1.73. The van der Waals surface area contributed by atoms with Gasteiger partial charge < -0.3 is 15.6 Å². The normalized spacial score (nSPS) is 14.3. The number of aromatic amines is 1. The fourth-order valence-corrected chi connectivity index (χ4v) is 4.08. The van der Waals surface area contributed by atoms with Crippen molar-refractivity contribution in [2.75, 3.05) is 24.5 Å². The van der Waals surface area contributed by atoms with Crippen molar-refractivity contribution < 1.29 is 13.2 Å². The molecule has 0 spiro atoms. The number of nitrogens with zero attached hydrogens (tertiary/aromatic N) is 3. The molecule has 0 radical (unpaired) electrons. The fraction of sp³-hybridized carbons (Fsp3) is 0.217. The van der Waals surface area contributed by atoms with Gasteiger partial charge in [-0.3, -0.25) is 4.98 Å². The molecule has 8 heteroatoms. The molecule has 3 N–H and O–H groups in total. The maximum atomic E-state index is 14.8. The molecule has 1 aliphatic heterocycles. The average molecular weight is 423 g/mol. The van der Waals surface area contributed by atoms with Gasteiger partial charge in [-0.1, -0.05) is 11.6 Å². The van der Waals surface area contributed by atoms with Crippen LogP contribution in [0.2, 0.25) is 0 Å². The number of nitrogens with one attached hydrogen (secondary N) is 1. The Kier molecular flexibility index (Phi) is 4.66. The first-order valence-corrected chi connectivity index (χ1v) is 9.99. The molecule has 5 nitrogen and oxygen atoms in total. The second kappa shape index (κ2) is 7.39. The predicted molar refractivity (Wildman–Crippen MR) is 114 cm³/mol. The van der Waals surface area contributed by atoms with Crippen molar-refractivity contribution in [1.29, 1.82) is 0 Å². The van der Waals surface area contributed by atoms with Crippen molar-refractivity contribution in [2.24, 2.45) is 11.7 Å². The largest absolute Gasteiger partial charge is 0.370 e. The minimum absolute atomic E-state index is 0.0398. The maximum absolute atomic E-state index is 14.8. The molecule has 0 atom stereocenters. The maximum Gasteiger partial charge on any atom is 0.153 e. The first kappa shape index (κ1) is 19.6. The van der Waals surface area contributed by atoms with Crippen molar-refractivity contribution in [3.63, 3.8) is 0 Å². The number of aromatic nitrogens is 3. The summed E-state index contributed by atoms with van der Waals surface area (Å²) in [6.45, 7) is 3.86. The van der Waals surface area contributed by atoms with Gasteiger partial charge in [-0.2, -0.15) is 0 Å². The van der Waals surface area contributed by atoms with Crippen molar-refractivity contribution >= 4 is 16.7 Å². The second-order valence-electron chi connectivity index (χ2n) is 7.94. The smallest absolute Gasteiger partial charge is 0.153 e. The van der Waals surface area contributed by atoms with E-state index in [4.69, 9.17) is 5.73 Å².